The molecule has 0 spiro atoms. The van der Waals surface area contributed by atoms with Crippen LogP contribution in [0.1, 0.15) is 60.1 Å². The first-order valence-corrected chi connectivity index (χ1v) is 9.90. The van der Waals surface area contributed by atoms with E-state index in [1.54, 1.807) is 23.9 Å². The smallest absolute Gasteiger partial charge is 0.341 e. The van der Waals surface area contributed by atoms with Crippen molar-refractivity contribution < 1.29 is 14.3 Å². The van der Waals surface area contributed by atoms with Crippen LogP contribution >= 0.6 is 11.3 Å². The van der Waals surface area contributed by atoms with Crippen molar-refractivity contribution in [2.45, 2.75) is 47.1 Å². The van der Waals surface area contributed by atoms with Gasteiger partial charge in [0.2, 0.25) is 0 Å². The number of esters is 1. The fourth-order valence-electron chi connectivity index (χ4n) is 2.46. The SMILES string of the molecule is CCOC(=O)c1cc(C(C)C)sc1NC(=O)C(C#N)=Cc1cn(CC)nc1C. The van der Waals surface area contributed by atoms with Crippen LogP contribution in [0.25, 0.3) is 6.08 Å². The van der Waals surface area contributed by atoms with Gasteiger partial charge in [0.15, 0.2) is 0 Å². The number of carbonyl (C=O) groups is 2. The summed E-state index contributed by atoms with van der Waals surface area (Å²) in [6, 6.07) is 3.66. The molecule has 8 heteroatoms. The Morgan fingerprint density at radius 1 is 1.43 bits per heavy atom. The summed E-state index contributed by atoms with van der Waals surface area (Å²) in [4.78, 5) is 25.9. The Balaban J connectivity index is 2.34. The first-order chi connectivity index (χ1) is 13.3. The largest absolute Gasteiger partial charge is 0.462 e. The van der Waals surface area contributed by atoms with Crippen LogP contribution in [0.5, 0.6) is 0 Å². The van der Waals surface area contributed by atoms with E-state index in [2.05, 4.69) is 10.4 Å². The van der Waals surface area contributed by atoms with Gasteiger partial charge in [-0.15, -0.1) is 11.3 Å². The van der Waals surface area contributed by atoms with Gasteiger partial charge in [0.1, 0.15) is 16.6 Å². The summed E-state index contributed by atoms with van der Waals surface area (Å²) in [5.74, 6) is -0.880. The summed E-state index contributed by atoms with van der Waals surface area (Å²) < 4.78 is 6.82. The van der Waals surface area contributed by atoms with Crippen molar-refractivity contribution in [2.24, 2.45) is 0 Å². The van der Waals surface area contributed by atoms with E-state index in [9.17, 15) is 14.9 Å². The highest BCUT2D eigenvalue weighted by Crippen LogP contribution is 2.33. The van der Waals surface area contributed by atoms with Crippen LogP contribution in [-0.4, -0.2) is 28.3 Å². The van der Waals surface area contributed by atoms with Crippen molar-refractivity contribution in [3.05, 3.63) is 39.5 Å². The maximum atomic E-state index is 12.7. The van der Waals surface area contributed by atoms with Crippen molar-refractivity contribution in [1.82, 2.24) is 9.78 Å². The van der Waals surface area contributed by atoms with Gasteiger partial charge in [-0.25, -0.2) is 4.79 Å². The lowest BCUT2D eigenvalue weighted by molar-refractivity contribution is -0.112. The molecule has 0 fully saturated rings. The lowest BCUT2D eigenvalue weighted by Crippen LogP contribution is -2.15. The molecular weight excluding hydrogens is 376 g/mol. The van der Waals surface area contributed by atoms with E-state index in [-0.39, 0.29) is 18.1 Å². The van der Waals surface area contributed by atoms with E-state index in [1.165, 1.54) is 17.4 Å². The number of nitrogens with zero attached hydrogens (tertiary/aromatic N) is 3. The molecule has 2 aromatic rings. The van der Waals surface area contributed by atoms with Gasteiger partial charge in [-0.3, -0.25) is 9.48 Å². The molecule has 2 heterocycles. The summed E-state index contributed by atoms with van der Waals surface area (Å²) in [6.07, 6.45) is 3.29. The Labute approximate surface area is 168 Å². The molecule has 0 unspecified atom stereocenters. The van der Waals surface area contributed by atoms with Gasteiger partial charge < -0.3 is 10.1 Å². The minimum atomic E-state index is -0.575. The van der Waals surface area contributed by atoms with Crippen LogP contribution in [0.2, 0.25) is 0 Å². The summed E-state index contributed by atoms with van der Waals surface area (Å²) in [6.45, 7) is 10.4. The van der Waals surface area contributed by atoms with Gasteiger partial charge in [-0.1, -0.05) is 13.8 Å². The molecule has 28 heavy (non-hydrogen) atoms. The molecule has 148 valence electrons. The van der Waals surface area contributed by atoms with Crippen LogP contribution in [-0.2, 0) is 16.1 Å². The number of hydrogen-bond donors (Lipinski definition) is 1. The van der Waals surface area contributed by atoms with E-state index in [0.717, 1.165) is 10.6 Å². The number of amides is 1. The Morgan fingerprint density at radius 3 is 2.68 bits per heavy atom. The van der Waals surface area contributed by atoms with E-state index in [0.29, 0.717) is 22.7 Å². The zero-order valence-electron chi connectivity index (χ0n) is 16.7. The van der Waals surface area contributed by atoms with Gasteiger partial charge in [0, 0.05) is 23.2 Å². The molecule has 1 N–H and O–H groups in total. The number of aromatic nitrogens is 2. The fourth-order valence-corrected chi connectivity index (χ4v) is 3.50. The average molecular weight is 401 g/mol. The van der Waals surface area contributed by atoms with E-state index >= 15 is 0 Å². The topological polar surface area (TPSA) is 97.0 Å². The number of ether oxygens (including phenoxy) is 1. The first-order valence-electron chi connectivity index (χ1n) is 9.08. The van der Waals surface area contributed by atoms with Gasteiger partial charge in [-0.05, 0) is 38.8 Å². The summed E-state index contributed by atoms with van der Waals surface area (Å²) in [5, 5.41) is 16.8. The maximum absolute atomic E-state index is 12.7. The predicted molar refractivity (Wildman–Crippen MR) is 109 cm³/mol. The summed E-state index contributed by atoms with van der Waals surface area (Å²) in [5.41, 5.74) is 1.67. The normalized spacial score (nSPS) is 11.4. The fraction of sp³-hybridized carbons (Fsp3) is 0.400. The van der Waals surface area contributed by atoms with Crippen molar-refractivity contribution in [2.75, 3.05) is 11.9 Å². The lowest BCUT2D eigenvalue weighted by atomic mass is 10.1. The third-order valence-electron chi connectivity index (χ3n) is 4.02. The van der Waals surface area contributed by atoms with Gasteiger partial charge in [-0.2, -0.15) is 10.4 Å². The molecule has 0 atom stereocenters. The number of hydrogen-bond acceptors (Lipinski definition) is 6. The predicted octanol–water partition coefficient (Wildman–Crippen LogP) is 4.12. The van der Waals surface area contributed by atoms with Crippen molar-refractivity contribution in [3.63, 3.8) is 0 Å². The lowest BCUT2D eigenvalue weighted by Gasteiger charge is -2.05. The van der Waals surface area contributed by atoms with Crippen LogP contribution in [0.4, 0.5) is 5.00 Å². The highest BCUT2D eigenvalue weighted by Gasteiger charge is 2.21. The quantitative estimate of drug-likeness (QED) is 0.428. The summed E-state index contributed by atoms with van der Waals surface area (Å²) >= 11 is 1.31. The molecule has 0 aromatic carbocycles. The molecule has 0 radical (unpaired) electrons. The average Bonchev–Trinajstić information content (AvgIpc) is 3.23. The Bertz CT molecular complexity index is 947. The van der Waals surface area contributed by atoms with Crippen LogP contribution in [0, 0.1) is 18.3 Å². The van der Waals surface area contributed by atoms with Gasteiger partial charge in [0.25, 0.3) is 5.91 Å². The zero-order valence-corrected chi connectivity index (χ0v) is 17.5. The number of thiophene rings is 1. The molecular formula is C20H24N4O3S. The molecule has 0 saturated carbocycles. The third-order valence-corrected chi connectivity index (χ3v) is 5.37. The van der Waals surface area contributed by atoms with E-state index in [4.69, 9.17) is 4.74 Å². The highest BCUT2D eigenvalue weighted by atomic mass is 32.1. The van der Waals surface area contributed by atoms with Crippen LogP contribution in [0.3, 0.4) is 0 Å². The minimum Gasteiger partial charge on any atom is -0.462 e. The molecule has 7 nitrogen and oxygen atoms in total. The standard InChI is InChI=1S/C20H24N4O3S/c1-6-24-11-15(13(5)23-24)8-14(10-21)18(25)22-19-16(20(26)27-7-2)9-17(28-19)12(3)4/h8-9,11-12H,6-7H2,1-5H3,(H,22,25). The minimum absolute atomic E-state index is 0.0620. The van der Waals surface area contributed by atoms with Crippen molar-refractivity contribution >= 4 is 34.3 Å². The van der Waals surface area contributed by atoms with Crippen molar-refractivity contribution in [3.8, 4) is 6.07 Å². The molecule has 0 aliphatic rings. The molecule has 2 aromatic heterocycles. The second-order valence-electron chi connectivity index (χ2n) is 6.42. The molecule has 2 rings (SSSR count). The van der Waals surface area contributed by atoms with Gasteiger partial charge in [0.05, 0.1) is 17.9 Å². The Hall–Kier alpha value is -2.92. The number of carbonyl (C=O) groups excluding carboxylic acids is 2. The van der Waals surface area contributed by atoms with Crippen molar-refractivity contribution in [1.29, 1.82) is 5.26 Å². The number of nitrogens with one attached hydrogen (secondary N) is 1. The summed E-state index contributed by atoms with van der Waals surface area (Å²) in [7, 11) is 0. The Kier molecular flexibility index (Phi) is 7.12. The van der Waals surface area contributed by atoms with Crippen LogP contribution in [0.15, 0.2) is 17.8 Å². The molecule has 0 bridgehead atoms. The molecule has 1 amide bonds. The van der Waals surface area contributed by atoms with E-state index < -0.39 is 11.9 Å². The molecule has 0 aliphatic heterocycles. The molecule has 0 saturated heterocycles. The Morgan fingerprint density at radius 2 is 2.14 bits per heavy atom. The zero-order chi connectivity index (χ0) is 20.8. The first kappa shape index (κ1) is 21.4. The van der Waals surface area contributed by atoms with Gasteiger partial charge >= 0.3 is 5.97 Å². The number of rotatable bonds is 7. The second-order valence-corrected chi connectivity index (χ2v) is 7.50. The monoisotopic (exact) mass is 400 g/mol. The van der Waals surface area contributed by atoms with Crippen LogP contribution < -0.4 is 5.32 Å². The highest BCUT2D eigenvalue weighted by molar-refractivity contribution is 7.16. The molecule has 0 aliphatic carbocycles. The third kappa shape index (κ3) is 4.87. The number of aryl methyl sites for hydroxylation is 2. The maximum Gasteiger partial charge on any atom is 0.341 e. The number of anilines is 1. The number of nitriles is 1. The van der Waals surface area contributed by atoms with E-state index in [1.807, 2.05) is 33.8 Å². The second kappa shape index (κ2) is 9.33.